The number of rotatable bonds is 13. The quantitative estimate of drug-likeness (QED) is 0.483. The van der Waals surface area contributed by atoms with Crippen molar-refractivity contribution in [2.75, 3.05) is 26.2 Å². The van der Waals surface area contributed by atoms with E-state index in [0.29, 0.717) is 24.9 Å². The number of carbonyl (C=O) groups is 2. The molecule has 0 radical (unpaired) electrons. The lowest BCUT2D eigenvalue weighted by molar-refractivity contribution is -0.121. The molecular formula is C23H37N3O3. The summed E-state index contributed by atoms with van der Waals surface area (Å²) in [4.78, 5) is 24.5. The van der Waals surface area contributed by atoms with E-state index in [-0.39, 0.29) is 11.9 Å². The van der Waals surface area contributed by atoms with Crippen LogP contribution < -0.4 is 15.4 Å². The minimum atomic E-state index is -0.238. The lowest BCUT2D eigenvalue weighted by atomic mass is 10.1. The summed E-state index contributed by atoms with van der Waals surface area (Å²) in [6.07, 6.45) is 6.02. The first-order valence-corrected chi connectivity index (χ1v) is 11.0. The van der Waals surface area contributed by atoms with Crippen LogP contribution in [0.25, 0.3) is 0 Å². The molecule has 1 aliphatic rings. The highest BCUT2D eigenvalue weighted by Gasteiger charge is 2.21. The van der Waals surface area contributed by atoms with E-state index in [4.69, 9.17) is 4.74 Å². The maximum Gasteiger partial charge on any atom is 0.324 e. The number of imide groups is 1. The van der Waals surface area contributed by atoms with E-state index in [9.17, 15) is 9.59 Å². The van der Waals surface area contributed by atoms with Crippen molar-refractivity contribution in [2.24, 2.45) is 5.92 Å². The molecule has 0 spiro atoms. The third-order valence-electron chi connectivity index (χ3n) is 5.14. The highest BCUT2D eigenvalue weighted by atomic mass is 16.5. The van der Waals surface area contributed by atoms with Crippen LogP contribution in [-0.4, -0.2) is 43.1 Å². The smallest absolute Gasteiger partial charge is 0.324 e. The molecule has 3 amide bonds. The zero-order valence-corrected chi connectivity index (χ0v) is 18.2. The molecule has 1 heterocycles. The van der Waals surface area contributed by atoms with E-state index in [1.54, 1.807) is 4.90 Å². The molecule has 0 aliphatic carbocycles. The van der Waals surface area contributed by atoms with Gasteiger partial charge in [-0.15, -0.1) is 0 Å². The van der Waals surface area contributed by atoms with Gasteiger partial charge in [-0.25, -0.2) is 4.79 Å². The number of ether oxygens (including phenoxy) is 1. The van der Waals surface area contributed by atoms with Crippen molar-refractivity contribution in [1.82, 2.24) is 15.5 Å². The Bertz CT molecular complexity index is 648. The molecule has 1 aromatic rings. The van der Waals surface area contributed by atoms with Gasteiger partial charge in [0, 0.05) is 25.6 Å². The number of unbranched alkanes of at least 4 members (excludes halogenated alkanes) is 4. The molecule has 29 heavy (non-hydrogen) atoms. The third-order valence-corrected chi connectivity index (χ3v) is 5.14. The van der Waals surface area contributed by atoms with Gasteiger partial charge in [-0.05, 0) is 49.9 Å². The van der Waals surface area contributed by atoms with Gasteiger partial charge in [0.15, 0.2) is 0 Å². The van der Waals surface area contributed by atoms with Crippen molar-refractivity contribution in [1.29, 1.82) is 0 Å². The predicted molar refractivity (Wildman–Crippen MR) is 116 cm³/mol. The Balaban J connectivity index is 1.53. The molecule has 0 unspecified atom stereocenters. The van der Waals surface area contributed by atoms with Gasteiger partial charge in [-0.2, -0.15) is 0 Å². The summed E-state index contributed by atoms with van der Waals surface area (Å²) in [7, 11) is 0. The minimum absolute atomic E-state index is 0.164. The Morgan fingerprint density at radius 3 is 2.62 bits per heavy atom. The molecule has 6 nitrogen and oxygen atoms in total. The number of carbonyl (C=O) groups excluding carboxylic acids is 2. The summed E-state index contributed by atoms with van der Waals surface area (Å²) in [5, 5.41) is 5.96. The van der Waals surface area contributed by atoms with Gasteiger partial charge in [0.05, 0.1) is 6.61 Å². The molecule has 6 heteroatoms. The minimum Gasteiger partial charge on any atom is -0.493 e. The molecule has 1 aliphatic heterocycles. The first-order chi connectivity index (χ1) is 14.0. The van der Waals surface area contributed by atoms with Crippen LogP contribution in [0, 0.1) is 5.92 Å². The normalized spacial score (nSPS) is 15.5. The van der Waals surface area contributed by atoms with Crippen molar-refractivity contribution >= 4 is 11.9 Å². The number of hydrogen-bond donors (Lipinski definition) is 2. The van der Waals surface area contributed by atoms with Gasteiger partial charge in [0.1, 0.15) is 5.75 Å². The van der Waals surface area contributed by atoms with E-state index < -0.39 is 0 Å². The second kappa shape index (κ2) is 12.5. The SMILES string of the molecule is CC(C)COc1cccc([C@@H](C)NCCCCCCCN2CCC(=O)NC2=O)c1. The summed E-state index contributed by atoms with van der Waals surface area (Å²) >= 11 is 0. The molecule has 162 valence electrons. The first-order valence-electron chi connectivity index (χ1n) is 11.0. The molecular weight excluding hydrogens is 366 g/mol. The molecule has 1 aromatic carbocycles. The fourth-order valence-corrected chi connectivity index (χ4v) is 3.34. The highest BCUT2D eigenvalue weighted by molar-refractivity contribution is 5.96. The number of benzene rings is 1. The molecule has 1 saturated heterocycles. The van der Waals surface area contributed by atoms with E-state index >= 15 is 0 Å². The molecule has 2 N–H and O–H groups in total. The highest BCUT2D eigenvalue weighted by Crippen LogP contribution is 2.20. The van der Waals surface area contributed by atoms with Gasteiger partial charge < -0.3 is 15.0 Å². The Morgan fingerprint density at radius 2 is 1.86 bits per heavy atom. The second-order valence-corrected chi connectivity index (χ2v) is 8.31. The van der Waals surface area contributed by atoms with E-state index in [2.05, 4.69) is 49.6 Å². The third kappa shape index (κ3) is 8.86. The zero-order chi connectivity index (χ0) is 21.1. The lowest BCUT2D eigenvalue weighted by Gasteiger charge is -2.26. The van der Waals surface area contributed by atoms with Gasteiger partial charge >= 0.3 is 6.03 Å². The van der Waals surface area contributed by atoms with Crippen LogP contribution in [0.15, 0.2) is 24.3 Å². The zero-order valence-electron chi connectivity index (χ0n) is 18.2. The van der Waals surface area contributed by atoms with Crippen molar-refractivity contribution in [3.63, 3.8) is 0 Å². The van der Waals surface area contributed by atoms with Gasteiger partial charge in [0.2, 0.25) is 5.91 Å². The maximum atomic E-state index is 11.7. The second-order valence-electron chi connectivity index (χ2n) is 8.31. The summed E-state index contributed by atoms with van der Waals surface area (Å²) in [5.74, 6) is 1.30. The fraction of sp³-hybridized carbons (Fsp3) is 0.652. The van der Waals surface area contributed by atoms with Gasteiger partial charge in [-0.3, -0.25) is 10.1 Å². The van der Waals surface area contributed by atoms with Crippen LogP contribution in [0.3, 0.4) is 0 Å². The van der Waals surface area contributed by atoms with E-state index in [0.717, 1.165) is 44.7 Å². The van der Waals surface area contributed by atoms with Crippen molar-refractivity contribution in [2.45, 2.75) is 65.3 Å². The standard InChI is InChI=1S/C23H37N3O3/c1-18(2)17-29-21-11-9-10-20(16-21)19(3)24-13-7-5-4-6-8-14-26-15-12-22(27)25-23(26)28/h9-11,16,18-19,24H,4-8,12-15,17H2,1-3H3,(H,25,27,28)/t19-/m1/s1. The number of amides is 3. The van der Waals surface area contributed by atoms with Crippen LogP contribution in [0.5, 0.6) is 5.75 Å². The van der Waals surface area contributed by atoms with Crippen LogP contribution >= 0.6 is 0 Å². The van der Waals surface area contributed by atoms with Crippen molar-refractivity contribution < 1.29 is 14.3 Å². The topological polar surface area (TPSA) is 70.7 Å². The van der Waals surface area contributed by atoms with Gasteiger partial charge in [-0.1, -0.05) is 45.2 Å². The summed E-state index contributed by atoms with van der Waals surface area (Å²) in [6, 6.07) is 8.41. The Kier molecular flexibility index (Phi) is 9.98. The Hall–Kier alpha value is -2.08. The first kappa shape index (κ1) is 23.2. The average molecular weight is 404 g/mol. The number of nitrogens with zero attached hydrogens (tertiary/aromatic N) is 1. The summed E-state index contributed by atoms with van der Waals surface area (Å²) in [6.45, 7) is 9.53. The Labute approximate surface area is 175 Å². The largest absolute Gasteiger partial charge is 0.493 e. The molecule has 2 rings (SSSR count). The Morgan fingerprint density at radius 1 is 1.10 bits per heavy atom. The number of nitrogens with one attached hydrogen (secondary N) is 2. The predicted octanol–water partition coefficient (Wildman–Crippen LogP) is 4.26. The summed E-state index contributed by atoms with van der Waals surface area (Å²) < 4.78 is 5.82. The summed E-state index contributed by atoms with van der Waals surface area (Å²) in [5.41, 5.74) is 1.25. The molecule has 0 saturated carbocycles. The van der Waals surface area contributed by atoms with Gasteiger partial charge in [0.25, 0.3) is 0 Å². The molecule has 1 atom stereocenters. The van der Waals surface area contributed by atoms with Crippen molar-refractivity contribution in [3.8, 4) is 5.75 Å². The monoisotopic (exact) mass is 403 g/mol. The van der Waals surface area contributed by atoms with Crippen LogP contribution in [0.2, 0.25) is 0 Å². The number of urea groups is 1. The number of hydrogen-bond acceptors (Lipinski definition) is 4. The van der Waals surface area contributed by atoms with E-state index in [1.165, 1.54) is 18.4 Å². The lowest BCUT2D eigenvalue weighted by Crippen LogP contribution is -2.49. The molecule has 0 bridgehead atoms. The fourth-order valence-electron chi connectivity index (χ4n) is 3.34. The average Bonchev–Trinajstić information content (AvgIpc) is 2.69. The van der Waals surface area contributed by atoms with Crippen LogP contribution in [0.1, 0.15) is 70.9 Å². The van der Waals surface area contributed by atoms with Crippen molar-refractivity contribution in [3.05, 3.63) is 29.8 Å². The molecule has 0 aromatic heterocycles. The maximum absolute atomic E-state index is 11.7. The van der Waals surface area contributed by atoms with Crippen LogP contribution in [0.4, 0.5) is 4.79 Å². The molecule has 1 fully saturated rings. The van der Waals surface area contributed by atoms with E-state index in [1.807, 2.05) is 6.07 Å². The van der Waals surface area contributed by atoms with Crippen LogP contribution in [-0.2, 0) is 4.79 Å².